The fraction of sp³-hybridized carbons (Fsp3) is 0.553. The van der Waals surface area contributed by atoms with Crippen LogP contribution in [-0.2, 0) is 49.2 Å². The lowest BCUT2D eigenvalue weighted by Gasteiger charge is -2.49. The van der Waals surface area contributed by atoms with Crippen molar-refractivity contribution in [1.29, 1.82) is 0 Å². The molecule has 15 heteroatoms. The van der Waals surface area contributed by atoms with Gasteiger partial charge in [0.15, 0.2) is 6.29 Å². The molecule has 2 saturated heterocycles. The van der Waals surface area contributed by atoms with Crippen LogP contribution >= 0.6 is 0 Å². The summed E-state index contributed by atoms with van der Waals surface area (Å²) in [5, 5.41) is 40.3. The number of hydrogen-bond donors (Lipinski definition) is 5. The van der Waals surface area contributed by atoms with Crippen LogP contribution in [0.1, 0.15) is 37.1 Å². The van der Waals surface area contributed by atoms with E-state index in [-0.39, 0.29) is 30.0 Å². The summed E-state index contributed by atoms with van der Waals surface area (Å²) in [5.41, 5.74) is 4.82. The van der Waals surface area contributed by atoms with E-state index in [1.54, 1.807) is 6.26 Å². The lowest BCUT2D eigenvalue weighted by molar-refractivity contribution is -0.339. The minimum atomic E-state index is -1.62. The van der Waals surface area contributed by atoms with E-state index in [1.807, 2.05) is 0 Å². The molecule has 0 saturated carbocycles. The number of carbonyl (C=O) groups is 3. The Morgan fingerprint density at radius 1 is 1.02 bits per heavy atom. The highest BCUT2D eigenvalue weighted by Crippen LogP contribution is 2.47. The monoisotopic (exact) mass is 740 g/mol. The second-order valence-electron chi connectivity index (χ2n) is 14.0. The molecule has 2 fully saturated rings. The van der Waals surface area contributed by atoms with Crippen LogP contribution in [0, 0.1) is 23.7 Å². The molecule has 0 unspecified atom stereocenters. The van der Waals surface area contributed by atoms with Crippen molar-refractivity contribution in [3.63, 3.8) is 0 Å². The first-order valence-electron chi connectivity index (χ1n) is 17.8. The first-order chi connectivity index (χ1) is 25.6. The third-order valence-electron chi connectivity index (χ3n) is 11.2. The van der Waals surface area contributed by atoms with Crippen molar-refractivity contribution < 1.29 is 63.2 Å². The van der Waals surface area contributed by atoms with Crippen LogP contribution in [0.15, 0.2) is 60.6 Å². The summed E-state index contributed by atoms with van der Waals surface area (Å²) in [4.78, 5) is 41.5. The molecular weight excluding hydrogens is 692 g/mol. The second kappa shape index (κ2) is 16.5. The van der Waals surface area contributed by atoms with Gasteiger partial charge in [0, 0.05) is 59.8 Å². The lowest BCUT2D eigenvalue weighted by atomic mass is 9.72. The van der Waals surface area contributed by atoms with Crippen LogP contribution in [0.5, 0.6) is 0 Å². The molecule has 1 aromatic carbocycles. The summed E-state index contributed by atoms with van der Waals surface area (Å²) in [5.74, 6) is -1.73. The Kier molecular flexibility index (Phi) is 12.0. The summed E-state index contributed by atoms with van der Waals surface area (Å²) >= 11 is 0. The van der Waals surface area contributed by atoms with E-state index in [0.29, 0.717) is 23.8 Å². The van der Waals surface area contributed by atoms with Crippen molar-refractivity contribution in [1.82, 2.24) is 9.88 Å². The Hall–Kier alpha value is -4.09. The van der Waals surface area contributed by atoms with Crippen LogP contribution in [0.3, 0.4) is 0 Å². The quantitative estimate of drug-likeness (QED) is 0.148. The first kappa shape index (κ1) is 38.6. The molecule has 12 atom stereocenters. The fourth-order valence-corrected chi connectivity index (χ4v) is 8.32. The number of aromatic amines is 1. The SMILES string of the molecule is C=C[C@H]1[C@H](O[C@@H]2O[C@H](CO)[C@@H](O)[C@H](O)[C@H]2O)OC=C(C(=O)OC)[C@H]1CC=O.COC(=O)C1=CO[C@@H](C)[C@@H]2CN3CCc4c([nH]c5ccccc45)[C@@H]3C[C@H]12. The molecule has 53 heavy (non-hydrogen) atoms. The smallest absolute Gasteiger partial charge is 0.337 e. The number of nitrogens with one attached hydrogen (secondary N) is 1. The number of fused-ring (bicyclic) bond motifs is 6. The Morgan fingerprint density at radius 2 is 1.74 bits per heavy atom. The number of rotatable bonds is 8. The lowest BCUT2D eigenvalue weighted by Crippen LogP contribution is -2.60. The van der Waals surface area contributed by atoms with E-state index in [9.17, 15) is 34.8 Å². The highest BCUT2D eigenvalue weighted by Gasteiger charge is 2.49. The zero-order valence-electron chi connectivity index (χ0n) is 29.9. The second-order valence-corrected chi connectivity index (χ2v) is 14.0. The van der Waals surface area contributed by atoms with Crippen LogP contribution in [0.4, 0.5) is 0 Å². The first-order valence-corrected chi connectivity index (χ1v) is 17.8. The number of aromatic nitrogens is 1. The van der Waals surface area contributed by atoms with E-state index >= 15 is 0 Å². The number of H-pyrrole nitrogens is 1. The average molecular weight is 741 g/mol. The van der Waals surface area contributed by atoms with E-state index in [4.69, 9.17) is 23.7 Å². The maximum Gasteiger partial charge on any atom is 0.337 e. The molecule has 7 rings (SSSR count). The zero-order valence-corrected chi connectivity index (χ0v) is 29.9. The van der Waals surface area contributed by atoms with Gasteiger partial charge in [-0.05, 0) is 31.4 Å². The number of piperidine rings is 1. The number of para-hydroxylation sites is 1. The van der Waals surface area contributed by atoms with Crippen molar-refractivity contribution in [2.45, 2.75) is 75.3 Å². The van der Waals surface area contributed by atoms with E-state index in [1.165, 1.54) is 42.5 Å². The number of aliphatic hydroxyl groups is 4. The van der Waals surface area contributed by atoms with E-state index in [0.717, 1.165) is 32.2 Å². The molecule has 0 amide bonds. The largest absolute Gasteiger partial charge is 0.497 e. The number of benzene rings is 1. The van der Waals surface area contributed by atoms with Gasteiger partial charge in [-0.3, -0.25) is 4.90 Å². The summed E-state index contributed by atoms with van der Waals surface area (Å²) in [6, 6.07) is 8.88. The van der Waals surface area contributed by atoms with Crippen LogP contribution in [0.2, 0.25) is 0 Å². The van der Waals surface area contributed by atoms with Gasteiger partial charge in [-0.1, -0.05) is 24.3 Å². The van der Waals surface area contributed by atoms with Crippen molar-refractivity contribution in [3.8, 4) is 0 Å². The van der Waals surface area contributed by atoms with Crippen LogP contribution in [0.25, 0.3) is 10.9 Å². The Morgan fingerprint density at radius 3 is 2.43 bits per heavy atom. The predicted octanol–water partition coefficient (Wildman–Crippen LogP) is 1.40. The molecule has 5 aliphatic rings. The third kappa shape index (κ3) is 7.39. The molecular formula is C38H48N2O13. The molecule has 1 aromatic heterocycles. The predicted molar refractivity (Wildman–Crippen MR) is 186 cm³/mol. The number of hydrogen-bond acceptors (Lipinski definition) is 14. The summed E-state index contributed by atoms with van der Waals surface area (Å²) in [6.45, 7) is 7.19. The van der Waals surface area contributed by atoms with Gasteiger partial charge in [0.25, 0.3) is 0 Å². The molecule has 0 aliphatic carbocycles. The zero-order chi connectivity index (χ0) is 38.0. The third-order valence-corrected chi connectivity index (χ3v) is 11.2. The Bertz CT molecular complexity index is 1720. The molecule has 0 bridgehead atoms. The molecule has 0 spiro atoms. The molecule has 0 radical (unpaired) electrons. The van der Waals surface area contributed by atoms with Gasteiger partial charge in [0.2, 0.25) is 6.29 Å². The van der Waals surface area contributed by atoms with Crippen molar-refractivity contribution in [2.24, 2.45) is 23.7 Å². The van der Waals surface area contributed by atoms with Gasteiger partial charge in [0.1, 0.15) is 30.7 Å². The molecule has 288 valence electrons. The topological polar surface area (TPSA) is 207 Å². The number of ether oxygens (including phenoxy) is 6. The molecule has 5 aliphatic heterocycles. The number of esters is 2. The summed E-state index contributed by atoms with van der Waals surface area (Å²) in [6.07, 6.45) is -1.54. The molecule has 5 N–H and O–H groups in total. The van der Waals surface area contributed by atoms with E-state index < -0.39 is 61.4 Å². The summed E-state index contributed by atoms with van der Waals surface area (Å²) < 4.78 is 31.8. The van der Waals surface area contributed by atoms with Gasteiger partial charge in [-0.15, -0.1) is 6.58 Å². The molecule has 15 nitrogen and oxygen atoms in total. The van der Waals surface area contributed by atoms with Crippen LogP contribution in [-0.4, -0.2) is 126 Å². The van der Waals surface area contributed by atoms with Gasteiger partial charge in [0.05, 0.1) is 56.6 Å². The van der Waals surface area contributed by atoms with Crippen LogP contribution < -0.4 is 0 Å². The standard InChI is InChI=1S/C21H24N2O3.C17H24O10/c1-12-16-10-23-8-7-14-13-5-3-4-6-18(13)22-20(14)19(23)9-15(16)17(11-26-12)21(24)25-2;1-3-8-9(4-5-18)10(15(23)24-2)7-25-16(8)27-17-14(22)13(21)12(20)11(6-19)26-17/h3-6,11-12,15-16,19,22H,7-10H2,1-2H3;3,5,7-9,11-14,16-17,19-22H,1,4,6H2,2H3/t12-,15-,16-,19-;8-,9+,11-,12-,13+,14-,16+,17+/m01/s1. The van der Waals surface area contributed by atoms with Gasteiger partial charge >= 0.3 is 11.9 Å². The van der Waals surface area contributed by atoms with Crippen molar-refractivity contribution in [2.75, 3.05) is 33.9 Å². The maximum absolute atomic E-state index is 12.3. The normalized spacial score (nSPS) is 34.9. The average Bonchev–Trinajstić information content (AvgIpc) is 3.57. The van der Waals surface area contributed by atoms with Gasteiger partial charge in [-0.25, -0.2) is 9.59 Å². The minimum Gasteiger partial charge on any atom is -0.497 e. The minimum absolute atomic E-state index is 0.0322. The molecule has 6 heterocycles. The summed E-state index contributed by atoms with van der Waals surface area (Å²) in [7, 11) is 2.64. The number of aldehydes is 1. The van der Waals surface area contributed by atoms with E-state index in [2.05, 4.69) is 52.4 Å². The van der Waals surface area contributed by atoms with Gasteiger partial charge in [-0.2, -0.15) is 0 Å². The number of nitrogens with zero attached hydrogens (tertiary/aromatic N) is 1. The van der Waals surface area contributed by atoms with Crippen molar-refractivity contribution in [3.05, 3.63) is 71.8 Å². The number of aliphatic hydroxyl groups excluding tert-OH is 4. The van der Waals surface area contributed by atoms with Crippen molar-refractivity contribution >= 4 is 29.1 Å². The number of carbonyl (C=O) groups excluding carboxylic acids is 3. The fourth-order valence-electron chi connectivity index (χ4n) is 8.32. The highest BCUT2D eigenvalue weighted by atomic mass is 16.8. The highest BCUT2D eigenvalue weighted by molar-refractivity contribution is 5.90. The Balaban J connectivity index is 0.000000181. The molecule has 2 aromatic rings. The van der Waals surface area contributed by atoms with Gasteiger partial charge < -0.3 is 58.6 Å². The Labute approximate surface area is 306 Å². The maximum atomic E-state index is 12.3. The number of methoxy groups -OCH3 is 2.